The summed E-state index contributed by atoms with van der Waals surface area (Å²) >= 11 is 0. The van der Waals surface area contributed by atoms with Crippen LogP contribution in [0, 0.1) is 19.3 Å². The number of amides is 2. The molecule has 4 aromatic rings. The summed E-state index contributed by atoms with van der Waals surface area (Å²) in [5, 5.41) is 14.2. The van der Waals surface area contributed by atoms with Crippen LogP contribution in [-0.2, 0) is 0 Å². The van der Waals surface area contributed by atoms with Crippen molar-refractivity contribution in [2.24, 2.45) is 0 Å². The van der Waals surface area contributed by atoms with Crippen LogP contribution >= 0.6 is 0 Å². The quantitative estimate of drug-likeness (QED) is 0.252. The van der Waals surface area contributed by atoms with Gasteiger partial charge in [0, 0.05) is 40.3 Å². The van der Waals surface area contributed by atoms with Crippen molar-refractivity contribution >= 4 is 42.0 Å². The third-order valence-electron chi connectivity index (χ3n) is 5.70. The molecule has 8 heteroatoms. The number of nitrogens with one attached hydrogen (secondary N) is 3. The predicted molar refractivity (Wildman–Crippen MR) is 148 cm³/mol. The van der Waals surface area contributed by atoms with Gasteiger partial charge >= 0.3 is 0 Å². The Labute approximate surface area is 217 Å². The van der Waals surface area contributed by atoms with E-state index in [-0.39, 0.29) is 24.1 Å². The zero-order chi connectivity index (χ0) is 26.5. The molecule has 2 radical (unpaired) electrons. The van der Waals surface area contributed by atoms with Crippen molar-refractivity contribution in [3.63, 3.8) is 0 Å². The molecule has 0 saturated heterocycles. The zero-order valence-electron chi connectivity index (χ0n) is 20.9. The Bertz CT molecular complexity index is 1530. The van der Waals surface area contributed by atoms with Crippen molar-refractivity contribution < 1.29 is 9.59 Å². The lowest BCUT2D eigenvalue weighted by Crippen LogP contribution is -2.28. The van der Waals surface area contributed by atoms with Crippen LogP contribution < -0.4 is 10.6 Å². The molecule has 0 spiro atoms. The summed E-state index contributed by atoms with van der Waals surface area (Å²) in [4.78, 5) is 34.9. The molecule has 4 rings (SSSR count). The number of carbonyl (C=O) groups excluding carboxylic acids is 2. The average molecular weight is 487 g/mol. The summed E-state index contributed by atoms with van der Waals surface area (Å²) < 4.78 is 0. The van der Waals surface area contributed by atoms with Crippen LogP contribution in [0.15, 0.2) is 78.5 Å². The minimum absolute atomic E-state index is 0.0685. The molecule has 2 aromatic heterocycles. The lowest BCUT2D eigenvalue weighted by atomic mass is 9.96. The fourth-order valence-corrected chi connectivity index (χ4v) is 4.04. The van der Waals surface area contributed by atoms with Gasteiger partial charge in [0.15, 0.2) is 0 Å². The van der Waals surface area contributed by atoms with Crippen molar-refractivity contribution in [1.29, 1.82) is 5.41 Å². The summed E-state index contributed by atoms with van der Waals surface area (Å²) in [6.45, 7) is 5.72. The highest BCUT2D eigenvalue weighted by Gasteiger charge is 2.16. The Kier molecular flexibility index (Phi) is 7.58. The summed E-state index contributed by atoms with van der Waals surface area (Å²) in [7, 11) is 5.56. The number of hydrogen-bond donors (Lipinski definition) is 3. The van der Waals surface area contributed by atoms with E-state index in [1.54, 1.807) is 49.6 Å². The molecule has 2 aromatic carbocycles. The molecule has 37 heavy (non-hydrogen) atoms. The van der Waals surface area contributed by atoms with Gasteiger partial charge in [0.1, 0.15) is 7.85 Å². The number of rotatable bonds is 7. The first-order chi connectivity index (χ1) is 17.7. The molecule has 0 unspecified atom stereocenters. The third kappa shape index (κ3) is 6.16. The minimum Gasteiger partial charge on any atom is -0.346 e. The van der Waals surface area contributed by atoms with Crippen LogP contribution in [0.2, 0.25) is 0 Å². The highest BCUT2D eigenvalue weighted by atomic mass is 16.2. The van der Waals surface area contributed by atoms with Crippen LogP contribution in [0.4, 0.5) is 5.69 Å². The molecule has 0 bridgehead atoms. The van der Waals surface area contributed by atoms with E-state index in [1.807, 2.05) is 38.1 Å². The van der Waals surface area contributed by atoms with Gasteiger partial charge in [0.25, 0.3) is 11.8 Å². The topological polar surface area (TPSA) is 108 Å². The lowest BCUT2D eigenvalue weighted by Gasteiger charge is -2.13. The van der Waals surface area contributed by atoms with Gasteiger partial charge in [-0.3, -0.25) is 14.6 Å². The number of aromatic nitrogens is 2. The SMILES string of the molecule is [B]/C(C)=C\C(=N)CNC(=O)c1ccc(NC(=O)c2cc(-c3cccnc3)nc3c(C)cc(C)cc23)cc1. The van der Waals surface area contributed by atoms with Gasteiger partial charge in [-0.2, -0.15) is 0 Å². The standard InChI is InChI=1S/C29H26BN5O2/c1-17-11-18(2)27-24(12-17)25(14-26(35-27)21-5-4-10-32-15-21)29(37)34-23-8-6-20(7-9-23)28(36)33-16-22(31)13-19(3)30/h4-15,31H,16H2,1-3H3,(H,33,36)(H,34,37)/b19-13-,31-22?. The Hall–Kier alpha value is -4.59. The van der Waals surface area contributed by atoms with E-state index >= 15 is 0 Å². The first-order valence-corrected chi connectivity index (χ1v) is 11.7. The van der Waals surface area contributed by atoms with E-state index < -0.39 is 0 Å². The van der Waals surface area contributed by atoms with Crippen LogP contribution in [0.1, 0.15) is 38.8 Å². The van der Waals surface area contributed by atoms with Gasteiger partial charge in [-0.25, -0.2) is 4.98 Å². The Morgan fingerprint density at radius 2 is 1.81 bits per heavy atom. The molecule has 7 nitrogen and oxygen atoms in total. The Balaban J connectivity index is 1.58. The number of fused-ring (bicyclic) bond motifs is 1. The lowest BCUT2D eigenvalue weighted by molar-refractivity contribution is 0.0958. The fraction of sp³-hybridized carbons (Fsp3) is 0.138. The molecule has 0 aliphatic rings. The van der Waals surface area contributed by atoms with E-state index in [4.69, 9.17) is 18.2 Å². The number of benzene rings is 2. The summed E-state index contributed by atoms with van der Waals surface area (Å²) in [5.74, 6) is -0.602. The van der Waals surface area contributed by atoms with E-state index in [1.165, 1.54) is 6.08 Å². The fourth-order valence-electron chi connectivity index (χ4n) is 4.04. The number of aryl methyl sites for hydroxylation is 2. The molecule has 2 amide bonds. The molecule has 0 saturated carbocycles. The number of hydrogen-bond acceptors (Lipinski definition) is 5. The number of allylic oxidation sites excluding steroid dienone is 1. The second-order valence-electron chi connectivity index (χ2n) is 8.90. The smallest absolute Gasteiger partial charge is 0.256 e. The zero-order valence-corrected chi connectivity index (χ0v) is 20.9. The molecule has 0 atom stereocenters. The van der Waals surface area contributed by atoms with Crippen molar-refractivity contribution in [3.8, 4) is 11.3 Å². The summed E-state index contributed by atoms with van der Waals surface area (Å²) in [6, 6.07) is 16.1. The van der Waals surface area contributed by atoms with Crippen molar-refractivity contribution in [1.82, 2.24) is 15.3 Å². The van der Waals surface area contributed by atoms with Gasteiger partial charge in [0.2, 0.25) is 0 Å². The van der Waals surface area contributed by atoms with Crippen molar-refractivity contribution in [2.45, 2.75) is 20.8 Å². The van der Waals surface area contributed by atoms with Gasteiger partial charge in [-0.15, -0.1) is 5.47 Å². The normalized spacial score (nSPS) is 11.3. The number of anilines is 1. The van der Waals surface area contributed by atoms with Gasteiger partial charge in [-0.1, -0.05) is 24.6 Å². The highest BCUT2D eigenvalue weighted by molar-refractivity contribution is 6.23. The van der Waals surface area contributed by atoms with Crippen LogP contribution in [0.25, 0.3) is 22.2 Å². The number of pyridine rings is 2. The average Bonchev–Trinajstić information content (AvgIpc) is 2.87. The maximum absolute atomic E-state index is 13.4. The summed E-state index contributed by atoms with van der Waals surface area (Å²) in [6.07, 6.45) is 4.90. The van der Waals surface area contributed by atoms with E-state index in [0.29, 0.717) is 28.0 Å². The molecule has 0 fully saturated rings. The maximum atomic E-state index is 13.4. The molecular weight excluding hydrogens is 461 g/mol. The minimum atomic E-state index is -0.321. The van der Waals surface area contributed by atoms with Gasteiger partial charge in [0.05, 0.1) is 23.3 Å². The largest absolute Gasteiger partial charge is 0.346 e. The molecule has 182 valence electrons. The second-order valence-corrected chi connectivity index (χ2v) is 8.90. The first kappa shape index (κ1) is 25.5. The van der Waals surface area contributed by atoms with E-state index in [9.17, 15) is 9.59 Å². The monoisotopic (exact) mass is 487 g/mol. The third-order valence-corrected chi connectivity index (χ3v) is 5.70. The number of carbonyl (C=O) groups is 2. The molecule has 0 aliphatic carbocycles. The van der Waals surface area contributed by atoms with Crippen molar-refractivity contribution in [2.75, 3.05) is 11.9 Å². The molecule has 2 heterocycles. The van der Waals surface area contributed by atoms with Crippen molar-refractivity contribution in [3.05, 3.63) is 101 Å². The summed E-state index contributed by atoms with van der Waals surface area (Å²) in [5.41, 5.74) is 6.43. The van der Waals surface area contributed by atoms with Gasteiger partial charge < -0.3 is 16.0 Å². The van der Waals surface area contributed by atoms with Crippen LogP contribution in [0.3, 0.4) is 0 Å². The maximum Gasteiger partial charge on any atom is 0.256 e. The first-order valence-electron chi connectivity index (χ1n) is 11.7. The van der Waals surface area contributed by atoms with E-state index in [0.717, 1.165) is 27.6 Å². The molecular formula is C29H26BN5O2. The predicted octanol–water partition coefficient (Wildman–Crippen LogP) is 4.99. The highest BCUT2D eigenvalue weighted by Crippen LogP contribution is 2.28. The molecule has 0 aliphatic heterocycles. The Morgan fingerprint density at radius 1 is 1.05 bits per heavy atom. The number of nitrogens with zero attached hydrogens (tertiary/aromatic N) is 2. The van der Waals surface area contributed by atoms with E-state index in [2.05, 4.69) is 15.6 Å². The Morgan fingerprint density at radius 3 is 2.49 bits per heavy atom. The van der Waals surface area contributed by atoms with Crippen LogP contribution in [-0.4, -0.2) is 41.9 Å². The molecule has 3 N–H and O–H groups in total. The second kappa shape index (κ2) is 11.0. The van der Waals surface area contributed by atoms with Crippen LogP contribution in [0.5, 0.6) is 0 Å². The van der Waals surface area contributed by atoms with Gasteiger partial charge in [-0.05, 0) is 67.9 Å².